The molecule has 0 saturated carbocycles. The highest BCUT2D eigenvalue weighted by atomic mass is 16.3. The molecule has 504 valence electrons. The van der Waals surface area contributed by atoms with Crippen molar-refractivity contribution >= 4 is 139 Å². The van der Waals surface area contributed by atoms with Crippen molar-refractivity contribution in [3.8, 4) is 78.5 Å². The second kappa shape index (κ2) is 23.5. The average Bonchev–Trinajstić information content (AvgIpc) is 0.764. The summed E-state index contributed by atoms with van der Waals surface area (Å²) in [6, 6.07) is 131. The summed E-state index contributed by atoms with van der Waals surface area (Å²) in [4.78, 5) is 5.33. The lowest BCUT2D eigenvalue weighted by Gasteiger charge is -2.46. The zero-order chi connectivity index (χ0) is 71.6. The number of benzene rings is 16. The molecule has 2 aliphatic heterocycles. The molecule has 6 nitrogen and oxygen atoms in total. The molecule has 20 aromatic rings. The van der Waals surface area contributed by atoms with Crippen molar-refractivity contribution in [2.24, 2.45) is 0 Å². The zero-order valence-electron chi connectivity index (χ0n) is 59.6. The van der Waals surface area contributed by atoms with Gasteiger partial charge in [-0.3, -0.25) is 0 Å². The van der Waals surface area contributed by atoms with Crippen LogP contribution in [0.25, 0.3) is 154 Å². The van der Waals surface area contributed by atoms with E-state index in [0.29, 0.717) is 5.56 Å². The van der Waals surface area contributed by atoms with Gasteiger partial charge in [0.2, 0.25) is 0 Å². The maximum Gasteiger partial charge on any atom is 0.252 e. The molecule has 4 aromatic heterocycles. The third-order valence-electron chi connectivity index (χ3n) is 23.2. The number of para-hydroxylation sites is 5. The third kappa shape index (κ3) is 9.20. The number of hydrogen-bond acceptors (Lipinski definition) is 4. The molecular weight excluding hydrogens is 1310 g/mol. The Hall–Kier alpha value is -13.9. The van der Waals surface area contributed by atoms with Crippen molar-refractivity contribution in [2.45, 2.75) is 26.2 Å². The summed E-state index contributed by atoms with van der Waals surface area (Å²) < 4.78 is 11.5. The normalized spacial score (nSPS) is 12.7. The minimum atomic E-state index is -0.305. The lowest BCUT2D eigenvalue weighted by atomic mass is 9.33. The molecule has 0 bridgehead atoms. The quantitative estimate of drug-likeness (QED) is 0.135. The molecule has 0 N–H and O–H groups in total. The summed E-state index contributed by atoms with van der Waals surface area (Å²) in [5.41, 5.74) is 33.4. The fourth-order valence-corrected chi connectivity index (χ4v) is 18.3. The lowest BCUT2D eigenvalue weighted by Crippen LogP contribution is -2.61. The van der Waals surface area contributed by atoms with E-state index in [4.69, 9.17) is 4.42 Å². The molecule has 22 rings (SSSR count). The van der Waals surface area contributed by atoms with Gasteiger partial charge in [0, 0.05) is 93.8 Å². The standard InChI is InChI=1S/C101H66BN5O/c1-101(2,3)71-45-51-89-83(59-71)81-53-62(61-103)41-49-88(81)104(89)72-46-48-86-92(60-72)107(99-75(65-27-12-6-13-28-65)35-21-36-76(99)66-29-14-7-15-30-66)94-58-70(68-43-50-90-82(54-68)80-38-22-37-79-77-31-16-18-39-87(77)105(90)100(79)80)57-93-97(94)102(86)85-47-42-69(67-44-52-96-84(55-67)78-32-17-19-40-95(78)108-96)56-91(85)106(93)98-73(63-23-8-4-9-24-63)33-20-34-74(98)64-25-10-5-11-26-64/h4-60H,1-3H3. The molecule has 0 radical (unpaired) electrons. The summed E-state index contributed by atoms with van der Waals surface area (Å²) in [5.74, 6) is 0. The second-order valence-corrected chi connectivity index (χ2v) is 30.2. The van der Waals surface area contributed by atoms with Crippen LogP contribution < -0.4 is 26.2 Å². The number of hydrogen-bond donors (Lipinski definition) is 0. The molecule has 0 fully saturated rings. The number of anilines is 6. The number of nitriles is 1. The number of nitrogens with zero attached hydrogens (tertiary/aromatic N) is 5. The smallest absolute Gasteiger partial charge is 0.252 e. The van der Waals surface area contributed by atoms with Crippen molar-refractivity contribution in [3.05, 3.63) is 357 Å². The minimum Gasteiger partial charge on any atom is -0.456 e. The van der Waals surface area contributed by atoms with Crippen LogP contribution in [0.15, 0.2) is 350 Å². The first-order valence-electron chi connectivity index (χ1n) is 37.3. The fraction of sp³-hybridized carbons (Fsp3) is 0.0396. The Morgan fingerprint density at radius 1 is 0.315 bits per heavy atom. The van der Waals surface area contributed by atoms with Crippen LogP contribution in [0.4, 0.5) is 34.1 Å². The van der Waals surface area contributed by atoms with Gasteiger partial charge >= 0.3 is 0 Å². The van der Waals surface area contributed by atoms with Crippen LogP contribution in [-0.4, -0.2) is 15.7 Å². The molecule has 6 heterocycles. The van der Waals surface area contributed by atoms with Gasteiger partial charge in [-0.2, -0.15) is 5.26 Å². The Balaban J connectivity index is 0.907. The first-order valence-corrected chi connectivity index (χ1v) is 37.3. The molecule has 0 unspecified atom stereocenters. The van der Waals surface area contributed by atoms with E-state index in [2.05, 4.69) is 379 Å². The first-order chi connectivity index (χ1) is 53.2. The Bertz CT molecular complexity index is 7060. The summed E-state index contributed by atoms with van der Waals surface area (Å²) in [6.07, 6.45) is 0. The summed E-state index contributed by atoms with van der Waals surface area (Å²) in [5, 5.41) is 19.8. The molecule has 0 saturated heterocycles. The maximum absolute atomic E-state index is 10.6. The SMILES string of the molecule is CC(C)(C)c1ccc2c(c1)c1cc(C#N)ccc1n2-c1ccc2c(c1)N(c1c(-c3ccccc3)cccc1-c1ccccc1)c1cc(-c3ccc4c(c3)c3cccc5c6ccccc6n4c53)cc3c1B2c1ccc(-c2ccc4oc5ccccc5c4c2)cc1N3c1c(-c2ccccc2)cccc1-c1ccccc1. The van der Waals surface area contributed by atoms with Crippen LogP contribution in [0.3, 0.4) is 0 Å². The predicted molar refractivity (Wildman–Crippen MR) is 453 cm³/mol. The fourth-order valence-electron chi connectivity index (χ4n) is 18.3. The Kier molecular flexibility index (Phi) is 13.4. The maximum atomic E-state index is 10.6. The van der Waals surface area contributed by atoms with Crippen LogP contribution >= 0.6 is 0 Å². The molecule has 7 heteroatoms. The lowest BCUT2D eigenvalue weighted by molar-refractivity contribution is 0.591. The van der Waals surface area contributed by atoms with Gasteiger partial charge in [0.25, 0.3) is 6.71 Å². The van der Waals surface area contributed by atoms with Gasteiger partial charge in [-0.15, -0.1) is 0 Å². The van der Waals surface area contributed by atoms with E-state index < -0.39 is 0 Å². The highest BCUT2D eigenvalue weighted by Crippen LogP contribution is 2.55. The molecule has 0 aliphatic carbocycles. The van der Waals surface area contributed by atoms with E-state index in [1.807, 2.05) is 12.1 Å². The van der Waals surface area contributed by atoms with Crippen molar-refractivity contribution in [1.82, 2.24) is 8.97 Å². The molecule has 0 atom stereocenters. The molecule has 0 spiro atoms. The van der Waals surface area contributed by atoms with Crippen LogP contribution in [-0.2, 0) is 5.41 Å². The number of fused-ring (bicyclic) bond motifs is 16. The van der Waals surface area contributed by atoms with Crippen LogP contribution in [0.5, 0.6) is 0 Å². The number of aromatic nitrogens is 2. The number of furan rings is 1. The molecular formula is C101H66BN5O. The minimum absolute atomic E-state index is 0.119. The van der Waals surface area contributed by atoms with Crippen LogP contribution in [0, 0.1) is 11.3 Å². The topological polar surface area (TPSA) is 52.8 Å². The Morgan fingerprint density at radius 3 is 1.38 bits per heavy atom. The largest absolute Gasteiger partial charge is 0.456 e. The molecule has 108 heavy (non-hydrogen) atoms. The Morgan fingerprint density at radius 2 is 0.759 bits per heavy atom. The van der Waals surface area contributed by atoms with Gasteiger partial charge in [0.1, 0.15) is 11.2 Å². The summed E-state index contributed by atoms with van der Waals surface area (Å²) in [7, 11) is 0. The van der Waals surface area contributed by atoms with Gasteiger partial charge in [-0.25, -0.2) is 0 Å². The van der Waals surface area contributed by atoms with Crippen molar-refractivity contribution in [1.29, 1.82) is 5.26 Å². The first kappa shape index (κ1) is 61.5. The van der Waals surface area contributed by atoms with E-state index >= 15 is 0 Å². The van der Waals surface area contributed by atoms with E-state index in [9.17, 15) is 5.26 Å². The molecule has 16 aromatic carbocycles. The molecule has 2 aliphatic rings. The van der Waals surface area contributed by atoms with Gasteiger partial charge in [-0.05, 0) is 169 Å². The van der Waals surface area contributed by atoms with Gasteiger partial charge in [0.05, 0.1) is 50.6 Å². The highest BCUT2D eigenvalue weighted by molar-refractivity contribution is 7.00. The monoisotopic (exact) mass is 1380 g/mol. The highest BCUT2D eigenvalue weighted by Gasteiger charge is 2.46. The van der Waals surface area contributed by atoms with E-state index in [1.54, 1.807) is 0 Å². The summed E-state index contributed by atoms with van der Waals surface area (Å²) in [6.45, 7) is 6.52. The molecule has 0 amide bonds. The van der Waals surface area contributed by atoms with Crippen LogP contribution in [0.1, 0.15) is 31.9 Å². The predicted octanol–water partition coefficient (Wildman–Crippen LogP) is 25.1. The van der Waals surface area contributed by atoms with Crippen LogP contribution in [0.2, 0.25) is 0 Å². The third-order valence-corrected chi connectivity index (χ3v) is 23.2. The van der Waals surface area contributed by atoms with E-state index in [1.165, 1.54) is 60.0 Å². The van der Waals surface area contributed by atoms with Gasteiger partial charge < -0.3 is 23.2 Å². The van der Waals surface area contributed by atoms with E-state index in [0.717, 1.165) is 150 Å². The van der Waals surface area contributed by atoms with Crippen molar-refractivity contribution in [2.75, 3.05) is 9.80 Å². The van der Waals surface area contributed by atoms with E-state index in [-0.39, 0.29) is 12.1 Å². The van der Waals surface area contributed by atoms with Gasteiger partial charge in [0.15, 0.2) is 0 Å². The van der Waals surface area contributed by atoms with Crippen molar-refractivity contribution in [3.63, 3.8) is 0 Å². The van der Waals surface area contributed by atoms with Gasteiger partial charge in [-0.1, -0.05) is 269 Å². The van der Waals surface area contributed by atoms with Crippen molar-refractivity contribution < 1.29 is 4.42 Å². The Labute approximate surface area is 625 Å². The zero-order valence-corrected chi connectivity index (χ0v) is 59.6. The summed E-state index contributed by atoms with van der Waals surface area (Å²) >= 11 is 0. The second-order valence-electron chi connectivity index (χ2n) is 30.2. The average molecular weight is 1380 g/mol. The number of rotatable bonds is 9.